The molecule has 0 saturated heterocycles. The lowest BCUT2D eigenvalue weighted by molar-refractivity contribution is 0.580. The Kier molecular flexibility index (Phi) is 4.76. The minimum absolute atomic E-state index is 0.00701. The zero-order chi connectivity index (χ0) is 18.2. The monoisotopic (exact) mass is 404 g/mol. The minimum atomic E-state index is -4.09. The van der Waals surface area contributed by atoms with Crippen LogP contribution in [-0.2, 0) is 20.0 Å². The van der Waals surface area contributed by atoms with Crippen molar-refractivity contribution < 1.29 is 21.2 Å². The zero-order valence-corrected chi connectivity index (χ0v) is 15.1. The molecule has 2 N–H and O–H groups in total. The normalized spacial score (nSPS) is 15.1. The molecule has 25 heavy (non-hydrogen) atoms. The fourth-order valence-electron chi connectivity index (χ4n) is 2.07. The van der Waals surface area contributed by atoms with Crippen molar-refractivity contribution in [1.29, 1.82) is 0 Å². The first-order chi connectivity index (χ1) is 11.7. The van der Waals surface area contributed by atoms with Gasteiger partial charge in [0.25, 0.3) is 10.0 Å². The molecule has 2 aromatic carbocycles. The molecule has 0 aliphatic heterocycles. The summed E-state index contributed by atoms with van der Waals surface area (Å²) < 4.78 is 67.2. The number of anilines is 1. The minimum Gasteiger partial charge on any atom is -0.278 e. The molecule has 10 heteroatoms. The van der Waals surface area contributed by atoms with Gasteiger partial charge in [0.1, 0.15) is 5.82 Å². The van der Waals surface area contributed by atoms with Gasteiger partial charge in [-0.15, -0.1) is 0 Å². The van der Waals surface area contributed by atoms with Crippen molar-refractivity contribution in [2.24, 2.45) is 0 Å². The molecular weight excluding hydrogens is 391 g/mol. The molecule has 2 aromatic rings. The topological polar surface area (TPSA) is 92.3 Å². The molecule has 1 saturated carbocycles. The zero-order valence-electron chi connectivity index (χ0n) is 12.7. The van der Waals surface area contributed by atoms with Crippen molar-refractivity contribution >= 4 is 37.3 Å². The summed E-state index contributed by atoms with van der Waals surface area (Å²) in [6.45, 7) is 0. The number of nitrogens with one attached hydrogen (secondary N) is 2. The van der Waals surface area contributed by atoms with E-state index in [1.807, 2.05) is 0 Å². The molecule has 0 bridgehead atoms. The Balaban J connectivity index is 1.91. The van der Waals surface area contributed by atoms with Gasteiger partial charge in [-0.25, -0.2) is 25.9 Å². The van der Waals surface area contributed by atoms with Crippen LogP contribution in [0.15, 0.2) is 52.3 Å². The molecular formula is C15H14ClFN2O4S2. The molecule has 0 radical (unpaired) electrons. The van der Waals surface area contributed by atoms with Crippen molar-refractivity contribution in [2.45, 2.75) is 28.7 Å². The van der Waals surface area contributed by atoms with Crippen molar-refractivity contribution in [1.82, 2.24) is 4.72 Å². The smallest absolute Gasteiger partial charge is 0.261 e. The second-order valence-corrected chi connectivity index (χ2v) is 9.40. The van der Waals surface area contributed by atoms with Gasteiger partial charge in [0.2, 0.25) is 10.0 Å². The lowest BCUT2D eigenvalue weighted by Crippen LogP contribution is -2.26. The summed E-state index contributed by atoms with van der Waals surface area (Å²) in [5, 5.41) is -0.109. The predicted molar refractivity (Wildman–Crippen MR) is 92.0 cm³/mol. The van der Waals surface area contributed by atoms with Crippen LogP contribution in [-0.4, -0.2) is 22.9 Å². The number of hydrogen-bond donors (Lipinski definition) is 2. The van der Waals surface area contributed by atoms with Crippen LogP contribution in [0.25, 0.3) is 0 Å². The largest absolute Gasteiger partial charge is 0.278 e. The van der Waals surface area contributed by atoms with Gasteiger partial charge in [-0.2, -0.15) is 0 Å². The standard InChI is InChI=1S/C15H14ClFN2O4S2/c16-14-8-10(17)4-7-15(14)19-25(22,23)13-3-1-2-12(9-13)24(20,21)18-11-5-6-11/h1-4,7-9,11,18-19H,5-6H2. The van der Waals surface area contributed by atoms with Crippen molar-refractivity contribution in [3.63, 3.8) is 0 Å². The van der Waals surface area contributed by atoms with Crippen LogP contribution in [0, 0.1) is 5.82 Å². The first-order valence-corrected chi connectivity index (χ1v) is 10.6. The summed E-state index contributed by atoms with van der Waals surface area (Å²) in [5.41, 5.74) is -0.00701. The third kappa shape index (κ3) is 4.30. The van der Waals surface area contributed by atoms with E-state index in [1.54, 1.807) is 0 Å². The molecule has 6 nitrogen and oxygen atoms in total. The first kappa shape index (κ1) is 18.1. The predicted octanol–water partition coefficient (Wildman–Crippen LogP) is 2.72. The fourth-order valence-corrected chi connectivity index (χ4v) is 4.89. The highest BCUT2D eigenvalue weighted by molar-refractivity contribution is 7.93. The molecule has 1 fully saturated rings. The number of halogens is 2. The molecule has 0 atom stereocenters. The van der Waals surface area contributed by atoms with Gasteiger partial charge in [0.15, 0.2) is 0 Å². The summed E-state index contributed by atoms with van der Waals surface area (Å²) in [4.78, 5) is -0.390. The van der Waals surface area contributed by atoms with Crippen LogP contribution < -0.4 is 9.44 Å². The van der Waals surface area contributed by atoms with Crippen LogP contribution in [0.2, 0.25) is 5.02 Å². The molecule has 134 valence electrons. The fraction of sp³-hybridized carbons (Fsp3) is 0.200. The Bertz CT molecular complexity index is 1020. The molecule has 0 aromatic heterocycles. The Morgan fingerprint density at radius 2 is 1.60 bits per heavy atom. The Morgan fingerprint density at radius 3 is 2.20 bits per heavy atom. The van der Waals surface area contributed by atoms with Gasteiger partial charge in [-0.3, -0.25) is 4.72 Å². The molecule has 0 amide bonds. The van der Waals surface area contributed by atoms with Crippen LogP contribution in [0.1, 0.15) is 12.8 Å². The van der Waals surface area contributed by atoms with E-state index in [-0.39, 0.29) is 26.5 Å². The molecule has 1 aliphatic carbocycles. The summed E-state index contributed by atoms with van der Waals surface area (Å²) in [5.74, 6) is -0.604. The Hall–Kier alpha value is -1.68. The molecule has 0 unspecified atom stereocenters. The summed E-state index contributed by atoms with van der Waals surface area (Å²) in [6, 6.07) is 8.09. The second kappa shape index (κ2) is 6.56. The van der Waals surface area contributed by atoms with Crippen molar-refractivity contribution in [2.75, 3.05) is 4.72 Å². The average Bonchev–Trinajstić information content (AvgIpc) is 3.33. The number of sulfonamides is 2. The summed E-state index contributed by atoms with van der Waals surface area (Å²) in [7, 11) is -7.88. The van der Waals surface area contributed by atoms with Gasteiger partial charge in [-0.05, 0) is 49.2 Å². The van der Waals surface area contributed by atoms with Gasteiger partial charge >= 0.3 is 0 Å². The third-order valence-electron chi connectivity index (χ3n) is 3.50. The van der Waals surface area contributed by atoms with E-state index in [9.17, 15) is 21.2 Å². The second-order valence-electron chi connectivity index (χ2n) is 5.60. The van der Waals surface area contributed by atoms with Gasteiger partial charge in [0, 0.05) is 6.04 Å². The maximum Gasteiger partial charge on any atom is 0.261 e. The van der Waals surface area contributed by atoms with Crippen LogP contribution in [0.3, 0.4) is 0 Å². The van der Waals surface area contributed by atoms with Gasteiger partial charge in [-0.1, -0.05) is 17.7 Å². The number of hydrogen-bond acceptors (Lipinski definition) is 4. The van der Waals surface area contributed by atoms with Crippen molar-refractivity contribution in [3.8, 4) is 0 Å². The van der Waals surface area contributed by atoms with E-state index in [1.165, 1.54) is 24.3 Å². The molecule has 0 spiro atoms. The molecule has 1 aliphatic rings. The highest BCUT2D eigenvalue weighted by Crippen LogP contribution is 2.27. The van der Waals surface area contributed by atoms with Gasteiger partial charge < -0.3 is 0 Å². The third-order valence-corrected chi connectivity index (χ3v) is 6.69. The maximum atomic E-state index is 13.1. The number of benzene rings is 2. The highest BCUT2D eigenvalue weighted by Gasteiger charge is 2.28. The maximum absolute atomic E-state index is 13.1. The van der Waals surface area contributed by atoms with E-state index in [0.29, 0.717) is 0 Å². The van der Waals surface area contributed by atoms with E-state index < -0.39 is 25.9 Å². The SMILES string of the molecule is O=S(=O)(Nc1ccc(F)cc1Cl)c1cccc(S(=O)(=O)NC2CC2)c1. The summed E-state index contributed by atoms with van der Waals surface area (Å²) >= 11 is 5.82. The highest BCUT2D eigenvalue weighted by atomic mass is 35.5. The van der Waals surface area contributed by atoms with E-state index in [4.69, 9.17) is 11.6 Å². The van der Waals surface area contributed by atoms with Crippen LogP contribution >= 0.6 is 11.6 Å². The molecule has 0 heterocycles. The quantitative estimate of drug-likeness (QED) is 0.774. The Labute approximate surface area is 150 Å². The first-order valence-electron chi connectivity index (χ1n) is 7.28. The van der Waals surface area contributed by atoms with Crippen LogP contribution in [0.5, 0.6) is 0 Å². The van der Waals surface area contributed by atoms with Gasteiger partial charge in [0.05, 0.1) is 20.5 Å². The molecule has 3 rings (SSSR count). The van der Waals surface area contributed by atoms with E-state index in [0.717, 1.165) is 31.0 Å². The van der Waals surface area contributed by atoms with E-state index in [2.05, 4.69) is 9.44 Å². The average molecular weight is 405 g/mol. The van der Waals surface area contributed by atoms with E-state index >= 15 is 0 Å². The summed E-state index contributed by atoms with van der Waals surface area (Å²) in [6.07, 6.45) is 1.53. The lowest BCUT2D eigenvalue weighted by Gasteiger charge is -2.11. The van der Waals surface area contributed by atoms with Crippen LogP contribution in [0.4, 0.5) is 10.1 Å². The number of rotatable bonds is 6. The Morgan fingerprint density at radius 1 is 0.960 bits per heavy atom. The lowest BCUT2D eigenvalue weighted by atomic mass is 10.3. The van der Waals surface area contributed by atoms with Crippen molar-refractivity contribution in [3.05, 3.63) is 53.3 Å².